The van der Waals surface area contributed by atoms with Crippen LogP contribution in [-0.2, 0) is 19.1 Å². The summed E-state index contributed by atoms with van der Waals surface area (Å²) >= 11 is 0. The Bertz CT molecular complexity index is 263. The Morgan fingerprint density at radius 3 is 2.11 bits per heavy atom. The molecule has 1 aliphatic rings. The molecule has 1 atom stereocenters. The van der Waals surface area contributed by atoms with Gasteiger partial charge in [0.05, 0.1) is 6.61 Å². The van der Waals surface area contributed by atoms with Crippen LogP contribution in [0.3, 0.4) is 0 Å². The van der Waals surface area contributed by atoms with Crippen molar-refractivity contribution in [3.63, 3.8) is 0 Å². The summed E-state index contributed by atoms with van der Waals surface area (Å²) < 4.78 is 10.3. The second kappa shape index (κ2) is 8.95. The largest absolute Gasteiger partial charge is 0.466 e. The molecule has 0 amide bonds. The van der Waals surface area contributed by atoms with E-state index in [4.69, 9.17) is 9.47 Å². The minimum Gasteiger partial charge on any atom is -0.466 e. The number of cyclic esters (lactones) is 2. The molecule has 1 rings (SSSR count). The van der Waals surface area contributed by atoms with Crippen LogP contribution in [0.25, 0.3) is 0 Å². The third kappa shape index (κ3) is 7.30. The van der Waals surface area contributed by atoms with Crippen LogP contribution < -0.4 is 0 Å². The number of hydrogen-bond donors (Lipinski definition) is 0. The Labute approximate surface area is 109 Å². The first-order valence-corrected chi connectivity index (χ1v) is 7.03. The summed E-state index contributed by atoms with van der Waals surface area (Å²) in [5.74, 6) is -0.271. The highest BCUT2D eigenvalue weighted by Gasteiger charge is 2.11. The van der Waals surface area contributed by atoms with Gasteiger partial charge in [0, 0.05) is 19.3 Å². The van der Waals surface area contributed by atoms with Crippen LogP contribution in [0.2, 0.25) is 0 Å². The maximum atomic E-state index is 11.5. The van der Waals surface area contributed by atoms with Crippen molar-refractivity contribution in [2.45, 2.75) is 70.8 Å². The van der Waals surface area contributed by atoms with Crippen LogP contribution in [0.4, 0.5) is 0 Å². The first-order chi connectivity index (χ1) is 8.68. The molecule has 0 N–H and O–H groups in total. The summed E-state index contributed by atoms with van der Waals surface area (Å²) in [7, 11) is 0. The lowest BCUT2D eigenvalue weighted by molar-refractivity contribution is -0.150. The predicted molar refractivity (Wildman–Crippen MR) is 68.1 cm³/mol. The van der Waals surface area contributed by atoms with Gasteiger partial charge in [0.1, 0.15) is 6.10 Å². The van der Waals surface area contributed by atoms with E-state index >= 15 is 0 Å². The maximum Gasteiger partial charge on any atom is 0.306 e. The van der Waals surface area contributed by atoms with E-state index in [-0.39, 0.29) is 18.0 Å². The third-order valence-electron chi connectivity index (χ3n) is 3.13. The molecule has 1 unspecified atom stereocenters. The van der Waals surface area contributed by atoms with E-state index in [1.807, 2.05) is 6.92 Å². The Kier molecular flexibility index (Phi) is 7.46. The van der Waals surface area contributed by atoms with Crippen molar-refractivity contribution in [1.82, 2.24) is 0 Å². The number of carbonyl (C=O) groups is 2. The minimum atomic E-state index is -0.171. The van der Waals surface area contributed by atoms with Gasteiger partial charge < -0.3 is 9.47 Å². The Balaban J connectivity index is 2.34. The van der Waals surface area contributed by atoms with Crippen LogP contribution in [-0.4, -0.2) is 24.6 Å². The normalized spacial score (nSPS) is 25.5. The molecule has 0 aliphatic carbocycles. The number of rotatable bonds is 0. The van der Waals surface area contributed by atoms with Gasteiger partial charge in [-0.15, -0.1) is 0 Å². The predicted octanol–water partition coefficient (Wildman–Crippen LogP) is 2.99. The molecule has 4 nitrogen and oxygen atoms in total. The molecule has 0 saturated carbocycles. The van der Waals surface area contributed by atoms with E-state index < -0.39 is 0 Å². The summed E-state index contributed by atoms with van der Waals surface area (Å²) in [5.41, 5.74) is 0. The van der Waals surface area contributed by atoms with Crippen molar-refractivity contribution < 1.29 is 19.1 Å². The summed E-state index contributed by atoms with van der Waals surface area (Å²) in [4.78, 5) is 22.8. The van der Waals surface area contributed by atoms with E-state index in [2.05, 4.69) is 0 Å². The number of esters is 2. The average Bonchev–Trinajstić information content (AvgIpc) is 2.31. The van der Waals surface area contributed by atoms with Gasteiger partial charge in [-0.25, -0.2) is 0 Å². The molecule has 0 spiro atoms. The quantitative estimate of drug-likeness (QED) is 0.625. The zero-order valence-corrected chi connectivity index (χ0v) is 11.3. The van der Waals surface area contributed by atoms with E-state index in [1.54, 1.807) is 0 Å². The summed E-state index contributed by atoms with van der Waals surface area (Å²) in [6.07, 6.45) is 7.61. The fourth-order valence-corrected chi connectivity index (χ4v) is 2.00. The third-order valence-corrected chi connectivity index (χ3v) is 3.13. The molecule has 1 heterocycles. The summed E-state index contributed by atoms with van der Waals surface area (Å²) in [6.45, 7) is 2.18. The second-order valence-corrected chi connectivity index (χ2v) is 4.93. The lowest BCUT2D eigenvalue weighted by Crippen LogP contribution is -2.17. The van der Waals surface area contributed by atoms with E-state index in [0.717, 1.165) is 38.5 Å². The van der Waals surface area contributed by atoms with Crippen LogP contribution >= 0.6 is 0 Å². The number of ether oxygens (including phenoxy) is 2. The van der Waals surface area contributed by atoms with Gasteiger partial charge in [-0.3, -0.25) is 9.59 Å². The smallest absolute Gasteiger partial charge is 0.306 e. The van der Waals surface area contributed by atoms with E-state index in [9.17, 15) is 9.59 Å². The van der Waals surface area contributed by atoms with E-state index in [1.165, 1.54) is 0 Å². The molecule has 0 aromatic carbocycles. The molecular weight excluding hydrogens is 232 g/mol. The molecule has 18 heavy (non-hydrogen) atoms. The average molecular weight is 256 g/mol. The molecule has 0 bridgehead atoms. The monoisotopic (exact) mass is 256 g/mol. The topological polar surface area (TPSA) is 52.6 Å². The fourth-order valence-electron chi connectivity index (χ4n) is 2.00. The zero-order chi connectivity index (χ0) is 13.2. The van der Waals surface area contributed by atoms with Crippen LogP contribution in [0.1, 0.15) is 64.7 Å². The van der Waals surface area contributed by atoms with Crippen molar-refractivity contribution >= 4 is 11.9 Å². The Hall–Kier alpha value is -1.06. The van der Waals surface area contributed by atoms with Crippen LogP contribution in [0.15, 0.2) is 0 Å². The van der Waals surface area contributed by atoms with Crippen molar-refractivity contribution in [2.75, 3.05) is 6.61 Å². The Morgan fingerprint density at radius 1 is 0.889 bits per heavy atom. The van der Waals surface area contributed by atoms with Crippen molar-refractivity contribution in [3.05, 3.63) is 0 Å². The lowest BCUT2D eigenvalue weighted by atomic mass is 10.1. The number of hydrogen-bond acceptors (Lipinski definition) is 4. The molecular formula is C14H24O4. The van der Waals surface area contributed by atoms with Gasteiger partial charge in [0.2, 0.25) is 0 Å². The second-order valence-electron chi connectivity index (χ2n) is 4.93. The molecule has 0 aromatic heterocycles. The van der Waals surface area contributed by atoms with Gasteiger partial charge >= 0.3 is 11.9 Å². The highest BCUT2D eigenvalue weighted by molar-refractivity contribution is 5.69. The molecule has 0 aromatic rings. The molecule has 1 aliphatic heterocycles. The Morgan fingerprint density at radius 2 is 1.44 bits per heavy atom. The lowest BCUT2D eigenvalue weighted by Gasteiger charge is -2.13. The molecule has 104 valence electrons. The minimum absolute atomic E-state index is 0.135. The van der Waals surface area contributed by atoms with Gasteiger partial charge in [-0.1, -0.05) is 25.7 Å². The summed E-state index contributed by atoms with van der Waals surface area (Å²) in [6, 6.07) is 0. The SMILES string of the molecule is CC1CCOC(=O)CCCCCCCCC(=O)O1. The van der Waals surface area contributed by atoms with Crippen LogP contribution in [0, 0.1) is 0 Å². The fraction of sp³-hybridized carbons (Fsp3) is 0.857. The standard InChI is InChI=1S/C14H24O4/c1-12-10-11-17-13(15)8-6-4-2-3-5-7-9-14(16)18-12/h12H,2-11H2,1H3. The van der Waals surface area contributed by atoms with Gasteiger partial charge in [0.15, 0.2) is 0 Å². The van der Waals surface area contributed by atoms with Gasteiger partial charge in [-0.05, 0) is 19.8 Å². The maximum absolute atomic E-state index is 11.5. The van der Waals surface area contributed by atoms with E-state index in [0.29, 0.717) is 25.9 Å². The van der Waals surface area contributed by atoms with Crippen LogP contribution in [0.5, 0.6) is 0 Å². The summed E-state index contributed by atoms with van der Waals surface area (Å²) in [5, 5.41) is 0. The first kappa shape index (κ1) is 15.0. The van der Waals surface area contributed by atoms with Gasteiger partial charge in [-0.2, -0.15) is 0 Å². The zero-order valence-electron chi connectivity index (χ0n) is 11.3. The first-order valence-electron chi connectivity index (χ1n) is 7.03. The van der Waals surface area contributed by atoms with Crippen molar-refractivity contribution in [2.24, 2.45) is 0 Å². The molecule has 1 fully saturated rings. The highest BCUT2D eigenvalue weighted by atomic mass is 16.6. The van der Waals surface area contributed by atoms with Gasteiger partial charge in [0.25, 0.3) is 0 Å². The molecule has 4 heteroatoms. The number of carbonyl (C=O) groups excluding carboxylic acids is 2. The molecule has 1 saturated heterocycles. The van der Waals surface area contributed by atoms with Crippen molar-refractivity contribution in [3.8, 4) is 0 Å². The molecule has 0 radical (unpaired) electrons. The van der Waals surface area contributed by atoms with Crippen molar-refractivity contribution in [1.29, 1.82) is 0 Å². The highest BCUT2D eigenvalue weighted by Crippen LogP contribution is 2.11.